The normalized spacial score (nSPS) is 39.8. The molecule has 12 N–H and O–H groups in total. The van der Waals surface area contributed by atoms with Crippen LogP contribution in [0.25, 0.3) is 0 Å². The number of hydrogen-bond donors (Lipinski definition) is 12. The predicted octanol–water partition coefficient (Wildman–Crippen LogP) is -5.44. The Balaban J connectivity index is 1.52. The number of carboxylic acid groups (broad SMARTS) is 2. The van der Waals surface area contributed by atoms with Crippen LogP contribution in [-0.4, -0.2) is 232 Å². The largest absolute Gasteiger partial charge is 0.479 e. The first-order valence-electron chi connectivity index (χ1n) is 21.4. The average Bonchev–Trinajstić information content (AvgIpc) is 3.24. The van der Waals surface area contributed by atoms with Crippen molar-refractivity contribution in [3.05, 3.63) is 0 Å². The van der Waals surface area contributed by atoms with Crippen molar-refractivity contribution in [3.63, 3.8) is 0 Å². The van der Waals surface area contributed by atoms with E-state index in [9.17, 15) is 69.9 Å². The Morgan fingerprint density at radius 3 is 1.68 bits per heavy atom. The van der Waals surface area contributed by atoms with Gasteiger partial charge in [-0.05, 0) is 13.3 Å². The van der Waals surface area contributed by atoms with Gasteiger partial charge in [0.2, 0.25) is 17.7 Å². The van der Waals surface area contributed by atoms with E-state index in [4.69, 9.17) is 42.6 Å². The Morgan fingerprint density at radius 1 is 0.615 bits per heavy atom. The van der Waals surface area contributed by atoms with Gasteiger partial charge in [0, 0.05) is 33.9 Å². The summed E-state index contributed by atoms with van der Waals surface area (Å²) in [6, 6.07) is -2.90. The van der Waals surface area contributed by atoms with Gasteiger partial charge in [-0.15, -0.1) is 0 Å². The van der Waals surface area contributed by atoms with Gasteiger partial charge in [0.05, 0.1) is 32.0 Å². The maximum atomic E-state index is 12.8. The van der Waals surface area contributed by atoms with E-state index >= 15 is 0 Å². The second-order valence-electron chi connectivity index (χ2n) is 16.3. The van der Waals surface area contributed by atoms with E-state index in [2.05, 4.69) is 22.9 Å². The molecule has 4 rings (SSSR count). The van der Waals surface area contributed by atoms with Gasteiger partial charge in [-0.25, -0.2) is 9.59 Å². The number of ether oxygens (including phenoxy) is 9. The fourth-order valence-corrected chi connectivity index (χ4v) is 8.01. The van der Waals surface area contributed by atoms with Gasteiger partial charge in [-0.1, -0.05) is 26.2 Å². The fourth-order valence-electron chi connectivity index (χ4n) is 8.01. The van der Waals surface area contributed by atoms with E-state index in [1.165, 1.54) is 13.8 Å². The standard InChI is InChI=1S/C39H65N3O23/c1-6-7-8-9-11-40-20(46)10-12-58-14-19-24(48)29(21(15(2)59-19)41-16(3)44)61-39-28(52)26(50)32(34(65-39)36(55)56)63-37-22(42-17(4)45)30(23(47)18(13-43)60-37)62-38-27(51)25(49)31(57-5)33(64-38)35(53)54/h15,18-19,21-34,37-39,43,47-52H,6-14H2,1-5H3,(H,40,46)(H,41,44)(H,42,45)(H,53,54)(H,55,56). The lowest BCUT2D eigenvalue weighted by Crippen LogP contribution is -2.70. The third-order valence-electron chi connectivity index (χ3n) is 11.4. The van der Waals surface area contributed by atoms with Crippen LogP contribution in [0.15, 0.2) is 0 Å². The van der Waals surface area contributed by atoms with Crippen LogP contribution in [0.5, 0.6) is 0 Å². The summed E-state index contributed by atoms with van der Waals surface area (Å²) in [6.07, 6.45) is -29.1. The third kappa shape index (κ3) is 13.9. The van der Waals surface area contributed by atoms with Crippen molar-refractivity contribution < 1.29 is 113 Å². The molecule has 0 aromatic carbocycles. The number of rotatable bonds is 22. The highest BCUT2D eigenvalue weighted by atomic mass is 16.8. The number of unbranched alkanes of at least 4 members (excludes halogenated alkanes) is 3. The number of nitrogens with one attached hydrogen (secondary N) is 3. The number of carbonyl (C=O) groups excluding carboxylic acids is 3. The van der Waals surface area contributed by atoms with Crippen LogP contribution in [0.1, 0.15) is 59.8 Å². The van der Waals surface area contributed by atoms with Gasteiger partial charge in [0.15, 0.2) is 31.1 Å². The lowest BCUT2D eigenvalue weighted by atomic mass is 9.92. The Morgan fingerprint density at radius 2 is 1.14 bits per heavy atom. The lowest BCUT2D eigenvalue weighted by molar-refractivity contribution is -0.366. The number of aliphatic carboxylic acids is 2. The third-order valence-corrected chi connectivity index (χ3v) is 11.4. The van der Waals surface area contributed by atoms with Crippen molar-refractivity contribution in [2.45, 2.75) is 182 Å². The molecule has 0 aromatic heterocycles. The minimum Gasteiger partial charge on any atom is -0.479 e. The zero-order chi connectivity index (χ0) is 48.3. The minimum absolute atomic E-state index is 0.0114. The molecule has 65 heavy (non-hydrogen) atoms. The Labute approximate surface area is 373 Å². The highest BCUT2D eigenvalue weighted by Gasteiger charge is 2.57. The van der Waals surface area contributed by atoms with Crippen molar-refractivity contribution in [2.75, 3.05) is 33.5 Å². The molecule has 4 fully saturated rings. The molecule has 0 spiro atoms. The van der Waals surface area contributed by atoms with Crippen LogP contribution < -0.4 is 16.0 Å². The Hall–Kier alpha value is -3.29. The first-order valence-corrected chi connectivity index (χ1v) is 21.4. The highest BCUT2D eigenvalue weighted by molar-refractivity contribution is 5.76. The summed E-state index contributed by atoms with van der Waals surface area (Å²) in [7, 11) is 1.05. The molecule has 20 atom stereocenters. The molecule has 4 heterocycles. The van der Waals surface area contributed by atoms with E-state index in [-0.39, 0.29) is 25.5 Å². The molecule has 4 saturated heterocycles. The van der Waals surface area contributed by atoms with Crippen LogP contribution in [-0.2, 0) is 66.6 Å². The van der Waals surface area contributed by atoms with Crippen molar-refractivity contribution in [2.24, 2.45) is 0 Å². The van der Waals surface area contributed by atoms with E-state index < -0.39 is 153 Å². The number of carboxylic acids is 2. The van der Waals surface area contributed by atoms with Crippen molar-refractivity contribution in [1.29, 1.82) is 0 Å². The second kappa shape index (κ2) is 25.2. The molecule has 374 valence electrons. The number of hydrogen-bond acceptors (Lipinski definition) is 21. The molecule has 0 aromatic rings. The average molecular weight is 944 g/mol. The summed E-state index contributed by atoms with van der Waals surface area (Å²) >= 11 is 0. The maximum Gasteiger partial charge on any atom is 0.335 e. The van der Waals surface area contributed by atoms with Crippen LogP contribution >= 0.6 is 0 Å². The van der Waals surface area contributed by atoms with E-state index in [1.807, 2.05) is 0 Å². The Bertz CT molecular complexity index is 1560. The zero-order valence-corrected chi connectivity index (χ0v) is 36.7. The van der Waals surface area contributed by atoms with Crippen LogP contribution in [0.4, 0.5) is 0 Å². The van der Waals surface area contributed by atoms with Gasteiger partial charge >= 0.3 is 11.9 Å². The number of aliphatic hydroxyl groups is 7. The lowest BCUT2D eigenvalue weighted by Gasteiger charge is -2.50. The summed E-state index contributed by atoms with van der Waals surface area (Å²) < 4.78 is 50.8. The second-order valence-corrected chi connectivity index (χ2v) is 16.3. The molecule has 20 unspecified atom stereocenters. The molecular weight excluding hydrogens is 878 g/mol. The van der Waals surface area contributed by atoms with E-state index in [0.717, 1.165) is 39.7 Å². The number of methoxy groups -OCH3 is 1. The van der Waals surface area contributed by atoms with Gasteiger partial charge in [0.1, 0.15) is 79.3 Å². The van der Waals surface area contributed by atoms with Gasteiger partial charge < -0.3 is 105 Å². The van der Waals surface area contributed by atoms with Gasteiger partial charge in [-0.2, -0.15) is 0 Å². The smallest absolute Gasteiger partial charge is 0.335 e. The molecule has 4 aliphatic rings. The topological polar surface area (TPSA) is 387 Å². The highest BCUT2D eigenvalue weighted by Crippen LogP contribution is 2.35. The number of carbonyl (C=O) groups is 5. The molecule has 4 aliphatic heterocycles. The maximum absolute atomic E-state index is 12.8. The molecule has 0 saturated carbocycles. The van der Waals surface area contributed by atoms with E-state index in [1.54, 1.807) is 0 Å². The predicted molar refractivity (Wildman–Crippen MR) is 212 cm³/mol. The first kappa shape index (κ1) is 54.3. The number of amides is 3. The summed E-state index contributed by atoms with van der Waals surface area (Å²) in [4.78, 5) is 61.7. The first-order chi connectivity index (χ1) is 30.7. The van der Waals surface area contributed by atoms with Crippen molar-refractivity contribution >= 4 is 29.7 Å². The minimum atomic E-state index is -2.25. The van der Waals surface area contributed by atoms with Crippen molar-refractivity contribution in [1.82, 2.24) is 16.0 Å². The SMILES string of the molecule is CCCCCCNC(=O)CCOCC1OC(C)C(NC(C)=O)C(OC2OC(C(=O)O)C(OC3OC(CO)C(O)C(OC4OC(C(=O)O)C(OC)C(O)C4O)C3NC(C)=O)C(O)C2O)C1O. The molecule has 26 heteroatoms. The molecule has 3 amide bonds. The summed E-state index contributed by atoms with van der Waals surface area (Å²) in [5, 5.41) is 105. The van der Waals surface area contributed by atoms with E-state index in [0.29, 0.717) is 6.54 Å². The summed E-state index contributed by atoms with van der Waals surface area (Å²) in [5.74, 6) is -5.10. The molecule has 0 aliphatic carbocycles. The van der Waals surface area contributed by atoms with Gasteiger partial charge in [0.25, 0.3) is 0 Å². The quantitative estimate of drug-likeness (QED) is 0.0451. The van der Waals surface area contributed by atoms with Gasteiger partial charge in [-0.3, -0.25) is 14.4 Å². The molecular formula is C39H65N3O23. The molecule has 26 nitrogen and oxygen atoms in total. The Kier molecular flexibility index (Phi) is 21.0. The monoisotopic (exact) mass is 943 g/mol. The van der Waals surface area contributed by atoms with Crippen molar-refractivity contribution in [3.8, 4) is 0 Å². The van der Waals surface area contributed by atoms with Crippen LogP contribution in [0.2, 0.25) is 0 Å². The summed E-state index contributed by atoms with van der Waals surface area (Å²) in [6.45, 7) is 5.01. The number of aliphatic hydroxyl groups excluding tert-OH is 7. The molecule has 0 bridgehead atoms. The fraction of sp³-hybridized carbons (Fsp3) is 0.872. The summed E-state index contributed by atoms with van der Waals surface area (Å²) in [5.41, 5.74) is 0. The van der Waals surface area contributed by atoms with Crippen LogP contribution in [0.3, 0.4) is 0 Å². The molecule has 0 radical (unpaired) electrons. The van der Waals surface area contributed by atoms with Crippen LogP contribution in [0, 0.1) is 0 Å². The zero-order valence-electron chi connectivity index (χ0n) is 36.7.